The second-order valence-corrected chi connectivity index (χ2v) is 5.71. The van der Waals surface area contributed by atoms with Crippen molar-refractivity contribution in [2.24, 2.45) is 0 Å². The van der Waals surface area contributed by atoms with Crippen molar-refractivity contribution in [3.8, 4) is 0 Å². The highest BCUT2D eigenvalue weighted by atomic mass is 19.4. The average molecular weight is 358 g/mol. The number of hydrogen-bond acceptors (Lipinski definition) is 4. The average Bonchev–Trinajstić information content (AvgIpc) is 2.61. The number of alkyl halides is 3. The second kappa shape index (κ2) is 8.30. The Kier molecular flexibility index (Phi) is 6.38. The Morgan fingerprint density at radius 1 is 1.20 bits per heavy atom. The van der Waals surface area contributed by atoms with E-state index in [1.807, 2.05) is 0 Å². The van der Waals surface area contributed by atoms with Gasteiger partial charge in [0.25, 0.3) is 11.8 Å². The fourth-order valence-electron chi connectivity index (χ4n) is 2.68. The number of amides is 2. The molecule has 1 atom stereocenters. The van der Waals surface area contributed by atoms with Gasteiger partial charge in [0.2, 0.25) is 0 Å². The maximum Gasteiger partial charge on any atom is 0.405 e. The third kappa shape index (κ3) is 5.17. The molecule has 1 heterocycles. The standard InChI is InChI=1S/C16H21F3N4O2/c1-20-14(24)11-3-2-4-12(9-11)15(25)22-10-13(16(17,18)19)23-7-5-21-6-8-23/h2-4,9,13,21H,5-8,10H2,1H3,(H,20,24)(H,22,25). The van der Waals surface area contributed by atoms with Gasteiger partial charge >= 0.3 is 6.18 Å². The van der Waals surface area contributed by atoms with Crippen molar-refractivity contribution in [1.29, 1.82) is 0 Å². The Morgan fingerprint density at radius 3 is 2.36 bits per heavy atom. The lowest BCUT2D eigenvalue weighted by Gasteiger charge is -2.35. The first-order chi connectivity index (χ1) is 11.8. The molecule has 1 saturated heterocycles. The predicted octanol–water partition coefficient (Wildman–Crippen LogP) is 0.612. The Balaban J connectivity index is 2.04. The van der Waals surface area contributed by atoms with E-state index in [1.165, 1.54) is 36.2 Å². The summed E-state index contributed by atoms with van der Waals surface area (Å²) >= 11 is 0. The van der Waals surface area contributed by atoms with Crippen LogP contribution < -0.4 is 16.0 Å². The fourth-order valence-corrected chi connectivity index (χ4v) is 2.68. The number of halogens is 3. The summed E-state index contributed by atoms with van der Waals surface area (Å²) in [6.45, 7) is 0.967. The van der Waals surface area contributed by atoms with Crippen molar-refractivity contribution in [3.63, 3.8) is 0 Å². The number of carbonyl (C=O) groups excluding carboxylic acids is 2. The molecule has 0 bridgehead atoms. The van der Waals surface area contributed by atoms with Crippen LogP contribution in [0.3, 0.4) is 0 Å². The molecule has 1 aliphatic heterocycles. The van der Waals surface area contributed by atoms with Crippen molar-refractivity contribution in [2.45, 2.75) is 12.2 Å². The molecule has 0 radical (unpaired) electrons. The third-order valence-corrected chi connectivity index (χ3v) is 4.04. The lowest BCUT2D eigenvalue weighted by atomic mass is 10.1. The summed E-state index contributed by atoms with van der Waals surface area (Å²) in [6, 6.07) is 4.10. The lowest BCUT2D eigenvalue weighted by Crippen LogP contribution is -2.57. The zero-order valence-corrected chi connectivity index (χ0v) is 13.8. The molecule has 2 rings (SSSR count). The van der Waals surface area contributed by atoms with Crippen LogP contribution in [0.15, 0.2) is 24.3 Å². The van der Waals surface area contributed by atoms with Crippen LogP contribution in [0, 0.1) is 0 Å². The van der Waals surface area contributed by atoms with Crippen LogP contribution in [-0.4, -0.2) is 68.7 Å². The molecule has 0 saturated carbocycles. The summed E-state index contributed by atoms with van der Waals surface area (Å²) in [6.07, 6.45) is -4.44. The van der Waals surface area contributed by atoms with Gasteiger partial charge in [0.05, 0.1) is 0 Å². The Hall–Kier alpha value is -2.13. The molecule has 2 amide bonds. The number of hydrogen-bond donors (Lipinski definition) is 3. The number of rotatable bonds is 5. The van der Waals surface area contributed by atoms with Crippen molar-refractivity contribution in [2.75, 3.05) is 39.8 Å². The number of carbonyl (C=O) groups is 2. The molecule has 0 aliphatic carbocycles. The van der Waals surface area contributed by atoms with Crippen LogP contribution in [0.4, 0.5) is 13.2 Å². The van der Waals surface area contributed by atoms with Gasteiger partial charge in [0, 0.05) is 50.9 Å². The highest BCUT2D eigenvalue weighted by Gasteiger charge is 2.43. The highest BCUT2D eigenvalue weighted by molar-refractivity contribution is 5.99. The predicted molar refractivity (Wildman–Crippen MR) is 86.5 cm³/mol. The van der Waals surface area contributed by atoms with Crippen LogP contribution >= 0.6 is 0 Å². The van der Waals surface area contributed by atoms with Gasteiger partial charge in [-0.1, -0.05) is 6.07 Å². The van der Waals surface area contributed by atoms with E-state index in [9.17, 15) is 22.8 Å². The van der Waals surface area contributed by atoms with E-state index < -0.39 is 24.7 Å². The fraction of sp³-hybridized carbons (Fsp3) is 0.500. The van der Waals surface area contributed by atoms with Crippen LogP contribution in [-0.2, 0) is 0 Å². The zero-order chi connectivity index (χ0) is 18.4. The molecule has 3 N–H and O–H groups in total. The van der Waals surface area contributed by atoms with Gasteiger partial charge in [-0.3, -0.25) is 14.5 Å². The number of piperazine rings is 1. The van der Waals surface area contributed by atoms with Gasteiger partial charge in [-0.2, -0.15) is 13.2 Å². The zero-order valence-electron chi connectivity index (χ0n) is 13.8. The molecule has 1 aliphatic rings. The van der Waals surface area contributed by atoms with E-state index in [2.05, 4.69) is 16.0 Å². The molecule has 9 heteroatoms. The molecule has 1 aromatic rings. The van der Waals surface area contributed by atoms with E-state index in [-0.39, 0.29) is 30.1 Å². The van der Waals surface area contributed by atoms with E-state index in [4.69, 9.17) is 0 Å². The third-order valence-electron chi connectivity index (χ3n) is 4.04. The van der Waals surface area contributed by atoms with Crippen molar-refractivity contribution >= 4 is 11.8 Å². The summed E-state index contributed by atoms with van der Waals surface area (Å²) in [4.78, 5) is 25.1. The molecule has 1 fully saturated rings. The lowest BCUT2D eigenvalue weighted by molar-refractivity contribution is -0.183. The quantitative estimate of drug-likeness (QED) is 0.721. The minimum atomic E-state index is -4.44. The summed E-state index contributed by atoms with van der Waals surface area (Å²) in [5.41, 5.74) is 0.409. The van der Waals surface area contributed by atoms with Gasteiger partial charge in [-0.05, 0) is 18.2 Å². The van der Waals surface area contributed by atoms with Crippen molar-refractivity contribution in [3.05, 3.63) is 35.4 Å². The van der Waals surface area contributed by atoms with Crippen molar-refractivity contribution in [1.82, 2.24) is 20.9 Å². The Bertz CT molecular complexity index is 616. The van der Waals surface area contributed by atoms with E-state index >= 15 is 0 Å². The Labute approximate surface area is 143 Å². The van der Waals surface area contributed by atoms with Crippen LogP contribution in [0.2, 0.25) is 0 Å². The smallest absolute Gasteiger partial charge is 0.355 e. The molecule has 1 aromatic carbocycles. The van der Waals surface area contributed by atoms with Crippen LogP contribution in [0.25, 0.3) is 0 Å². The van der Waals surface area contributed by atoms with Crippen molar-refractivity contribution < 1.29 is 22.8 Å². The minimum Gasteiger partial charge on any atom is -0.355 e. The topological polar surface area (TPSA) is 73.5 Å². The van der Waals surface area contributed by atoms with Gasteiger partial charge in [-0.15, -0.1) is 0 Å². The number of nitrogens with zero attached hydrogens (tertiary/aromatic N) is 1. The SMILES string of the molecule is CNC(=O)c1cccc(C(=O)NCC(N2CCNCC2)C(F)(F)F)c1. The largest absolute Gasteiger partial charge is 0.405 e. The van der Waals surface area contributed by atoms with Gasteiger partial charge in [0.1, 0.15) is 6.04 Å². The maximum atomic E-state index is 13.3. The monoisotopic (exact) mass is 358 g/mol. The molecule has 6 nitrogen and oxygen atoms in total. The first-order valence-corrected chi connectivity index (χ1v) is 7.94. The van der Waals surface area contributed by atoms with E-state index in [1.54, 1.807) is 0 Å². The second-order valence-electron chi connectivity index (χ2n) is 5.71. The summed E-state index contributed by atoms with van der Waals surface area (Å²) < 4.78 is 39.9. The number of benzene rings is 1. The molecule has 0 aromatic heterocycles. The van der Waals surface area contributed by atoms with Gasteiger partial charge < -0.3 is 16.0 Å². The summed E-state index contributed by atoms with van der Waals surface area (Å²) in [5.74, 6) is -1.02. The molecule has 0 spiro atoms. The summed E-state index contributed by atoms with van der Waals surface area (Å²) in [7, 11) is 1.45. The Morgan fingerprint density at radius 2 is 1.80 bits per heavy atom. The van der Waals surface area contributed by atoms with Gasteiger partial charge in [0.15, 0.2) is 0 Å². The molecule has 1 unspecified atom stereocenters. The maximum absolute atomic E-state index is 13.3. The molecule has 138 valence electrons. The molecular formula is C16H21F3N4O2. The van der Waals surface area contributed by atoms with Crippen LogP contribution in [0.1, 0.15) is 20.7 Å². The highest BCUT2D eigenvalue weighted by Crippen LogP contribution is 2.24. The number of nitrogens with one attached hydrogen (secondary N) is 3. The van der Waals surface area contributed by atoms with Crippen LogP contribution in [0.5, 0.6) is 0 Å². The first-order valence-electron chi connectivity index (χ1n) is 7.94. The molecular weight excluding hydrogens is 337 g/mol. The van der Waals surface area contributed by atoms with E-state index in [0.717, 1.165) is 0 Å². The molecule has 25 heavy (non-hydrogen) atoms. The normalized spacial score (nSPS) is 17.0. The van der Waals surface area contributed by atoms with Gasteiger partial charge in [-0.25, -0.2) is 0 Å². The minimum absolute atomic E-state index is 0.141. The van der Waals surface area contributed by atoms with E-state index in [0.29, 0.717) is 13.1 Å². The first kappa shape index (κ1) is 19.2. The summed E-state index contributed by atoms with van der Waals surface area (Å²) in [5, 5.41) is 7.76.